The van der Waals surface area contributed by atoms with E-state index in [4.69, 9.17) is 5.26 Å². The van der Waals surface area contributed by atoms with Gasteiger partial charge in [-0.05, 0) is 29.8 Å². The summed E-state index contributed by atoms with van der Waals surface area (Å²) in [5.41, 5.74) is 2.19. The summed E-state index contributed by atoms with van der Waals surface area (Å²) in [5, 5.41) is 9.01. The van der Waals surface area contributed by atoms with Gasteiger partial charge in [-0.15, -0.1) is 0 Å². The fraction of sp³-hybridized carbons (Fsp3) is 0. The van der Waals surface area contributed by atoms with Gasteiger partial charge in [0.2, 0.25) is 0 Å². The van der Waals surface area contributed by atoms with Gasteiger partial charge in [-0.25, -0.2) is 4.39 Å². The average molecular weight is 276 g/mol. The molecule has 0 radical (unpaired) electrons. The Morgan fingerprint density at radius 3 is 2.38 bits per heavy atom. The maximum absolute atomic E-state index is 12.8. The molecule has 0 aromatic heterocycles. The number of hydrogen-bond acceptors (Lipinski definition) is 1. The normalized spacial score (nSPS) is 9.81. The summed E-state index contributed by atoms with van der Waals surface area (Å²) >= 11 is 3.40. The quantitative estimate of drug-likeness (QED) is 0.768. The summed E-state index contributed by atoms with van der Waals surface area (Å²) in [6, 6.07) is 13.6. The van der Waals surface area contributed by atoms with Crippen LogP contribution in [0.2, 0.25) is 0 Å². The third-order valence-corrected chi connectivity index (χ3v) is 2.93. The van der Waals surface area contributed by atoms with Crippen LogP contribution in [0.4, 0.5) is 4.39 Å². The standard InChI is InChI=1S/C13H7BrFN/c14-12-3-1-2-10(8-16)13(12)9-4-6-11(15)7-5-9/h1-7H. The summed E-state index contributed by atoms with van der Waals surface area (Å²) in [7, 11) is 0. The van der Waals surface area contributed by atoms with E-state index < -0.39 is 0 Å². The van der Waals surface area contributed by atoms with Crippen molar-refractivity contribution in [1.29, 1.82) is 5.26 Å². The molecular formula is C13H7BrFN. The van der Waals surface area contributed by atoms with E-state index in [9.17, 15) is 4.39 Å². The van der Waals surface area contributed by atoms with Crippen LogP contribution in [0.5, 0.6) is 0 Å². The van der Waals surface area contributed by atoms with Gasteiger partial charge in [0, 0.05) is 10.0 Å². The van der Waals surface area contributed by atoms with Crippen molar-refractivity contribution in [1.82, 2.24) is 0 Å². The van der Waals surface area contributed by atoms with Gasteiger partial charge in [0.05, 0.1) is 11.6 Å². The van der Waals surface area contributed by atoms with Crippen molar-refractivity contribution in [3.63, 3.8) is 0 Å². The second-order valence-electron chi connectivity index (χ2n) is 3.28. The molecule has 78 valence electrons. The lowest BCUT2D eigenvalue weighted by Crippen LogP contribution is -1.86. The zero-order valence-corrected chi connectivity index (χ0v) is 9.83. The molecule has 0 N–H and O–H groups in total. The molecule has 2 aromatic carbocycles. The Balaban J connectivity index is 2.64. The Hall–Kier alpha value is -1.66. The van der Waals surface area contributed by atoms with Crippen molar-refractivity contribution in [2.75, 3.05) is 0 Å². The zero-order chi connectivity index (χ0) is 11.5. The smallest absolute Gasteiger partial charge is 0.123 e. The molecule has 0 saturated heterocycles. The van der Waals surface area contributed by atoms with E-state index >= 15 is 0 Å². The molecule has 0 fully saturated rings. The lowest BCUT2D eigenvalue weighted by molar-refractivity contribution is 0.628. The van der Waals surface area contributed by atoms with Gasteiger partial charge in [0.25, 0.3) is 0 Å². The number of halogens is 2. The third-order valence-electron chi connectivity index (χ3n) is 2.27. The van der Waals surface area contributed by atoms with E-state index in [-0.39, 0.29) is 5.82 Å². The number of benzene rings is 2. The van der Waals surface area contributed by atoms with Crippen molar-refractivity contribution in [3.05, 3.63) is 58.3 Å². The van der Waals surface area contributed by atoms with Crippen molar-refractivity contribution < 1.29 is 4.39 Å². The first-order valence-electron chi connectivity index (χ1n) is 4.67. The molecule has 0 spiro atoms. The summed E-state index contributed by atoms with van der Waals surface area (Å²) < 4.78 is 13.6. The van der Waals surface area contributed by atoms with E-state index in [0.717, 1.165) is 15.6 Å². The predicted molar refractivity (Wildman–Crippen MR) is 64.3 cm³/mol. The minimum absolute atomic E-state index is 0.283. The van der Waals surface area contributed by atoms with Crippen LogP contribution >= 0.6 is 15.9 Å². The van der Waals surface area contributed by atoms with Crippen LogP contribution in [-0.2, 0) is 0 Å². The first-order valence-corrected chi connectivity index (χ1v) is 5.46. The Labute approximate surface area is 101 Å². The molecule has 0 saturated carbocycles. The van der Waals surface area contributed by atoms with Crippen LogP contribution < -0.4 is 0 Å². The number of nitriles is 1. The van der Waals surface area contributed by atoms with Gasteiger partial charge in [-0.3, -0.25) is 0 Å². The molecule has 0 atom stereocenters. The van der Waals surface area contributed by atoms with Crippen molar-refractivity contribution in [2.24, 2.45) is 0 Å². The average Bonchev–Trinajstić information content (AvgIpc) is 2.30. The van der Waals surface area contributed by atoms with Crippen molar-refractivity contribution in [3.8, 4) is 17.2 Å². The summed E-state index contributed by atoms with van der Waals surface area (Å²) in [6.45, 7) is 0. The van der Waals surface area contributed by atoms with E-state index in [2.05, 4.69) is 22.0 Å². The summed E-state index contributed by atoms with van der Waals surface area (Å²) in [5.74, 6) is -0.283. The molecule has 0 amide bonds. The topological polar surface area (TPSA) is 23.8 Å². The lowest BCUT2D eigenvalue weighted by Gasteiger charge is -2.06. The minimum Gasteiger partial charge on any atom is -0.207 e. The number of hydrogen-bond donors (Lipinski definition) is 0. The minimum atomic E-state index is -0.283. The summed E-state index contributed by atoms with van der Waals surface area (Å²) in [4.78, 5) is 0. The second-order valence-corrected chi connectivity index (χ2v) is 4.14. The SMILES string of the molecule is N#Cc1cccc(Br)c1-c1ccc(F)cc1. The molecule has 0 unspecified atom stereocenters. The molecule has 2 aromatic rings. The Kier molecular flexibility index (Phi) is 3.02. The van der Waals surface area contributed by atoms with Gasteiger partial charge in [0.1, 0.15) is 5.82 Å². The molecular weight excluding hydrogens is 269 g/mol. The fourth-order valence-corrected chi connectivity index (χ4v) is 2.12. The molecule has 0 aliphatic carbocycles. The largest absolute Gasteiger partial charge is 0.207 e. The highest BCUT2D eigenvalue weighted by Gasteiger charge is 2.08. The molecule has 0 aliphatic rings. The molecule has 0 heterocycles. The highest BCUT2D eigenvalue weighted by molar-refractivity contribution is 9.10. The Bertz CT molecular complexity index is 555. The van der Waals surface area contributed by atoms with Gasteiger partial charge in [-0.1, -0.05) is 34.1 Å². The Morgan fingerprint density at radius 1 is 1.06 bits per heavy atom. The van der Waals surface area contributed by atoms with Crippen LogP contribution in [0.15, 0.2) is 46.9 Å². The predicted octanol–water partition coefficient (Wildman–Crippen LogP) is 4.13. The van der Waals surface area contributed by atoms with Crippen LogP contribution in [0.25, 0.3) is 11.1 Å². The fourth-order valence-electron chi connectivity index (χ4n) is 1.53. The molecule has 1 nitrogen and oxygen atoms in total. The van der Waals surface area contributed by atoms with E-state index in [0.29, 0.717) is 5.56 Å². The van der Waals surface area contributed by atoms with Gasteiger partial charge < -0.3 is 0 Å². The first-order chi connectivity index (χ1) is 7.72. The molecule has 16 heavy (non-hydrogen) atoms. The van der Waals surface area contributed by atoms with Gasteiger partial charge >= 0.3 is 0 Å². The van der Waals surface area contributed by atoms with Crippen LogP contribution in [0, 0.1) is 17.1 Å². The Morgan fingerprint density at radius 2 is 1.75 bits per heavy atom. The van der Waals surface area contributed by atoms with Crippen LogP contribution in [0.1, 0.15) is 5.56 Å². The molecule has 2 rings (SSSR count). The maximum atomic E-state index is 12.8. The molecule has 3 heteroatoms. The van der Waals surface area contributed by atoms with Gasteiger partial charge in [0.15, 0.2) is 0 Å². The number of nitrogens with zero attached hydrogens (tertiary/aromatic N) is 1. The van der Waals surface area contributed by atoms with E-state index in [1.807, 2.05) is 6.07 Å². The zero-order valence-electron chi connectivity index (χ0n) is 8.24. The van der Waals surface area contributed by atoms with Gasteiger partial charge in [-0.2, -0.15) is 5.26 Å². The number of rotatable bonds is 1. The lowest BCUT2D eigenvalue weighted by atomic mass is 10.0. The first kappa shape index (κ1) is 10.8. The molecule has 0 bridgehead atoms. The van der Waals surface area contributed by atoms with E-state index in [1.54, 1.807) is 24.3 Å². The summed E-state index contributed by atoms with van der Waals surface area (Å²) in [6.07, 6.45) is 0. The van der Waals surface area contributed by atoms with Crippen LogP contribution in [-0.4, -0.2) is 0 Å². The maximum Gasteiger partial charge on any atom is 0.123 e. The highest BCUT2D eigenvalue weighted by atomic mass is 79.9. The highest BCUT2D eigenvalue weighted by Crippen LogP contribution is 2.31. The van der Waals surface area contributed by atoms with E-state index in [1.165, 1.54) is 12.1 Å². The third kappa shape index (κ3) is 1.98. The second kappa shape index (κ2) is 4.46. The van der Waals surface area contributed by atoms with Crippen LogP contribution in [0.3, 0.4) is 0 Å². The molecule has 0 aliphatic heterocycles. The van der Waals surface area contributed by atoms with Crippen molar-refractivity contribution >= 4 is 15.9 Å². The monoisotopic (exact) mass is 275 g/mol. The van der Waals surface area contributed by atoms with Crippen molar-refractivity contribution in [2.45, 2.75) is 0 Å².